The van der Waals surface area contributed by atoms with Gasteiger partial charge in [-0.3, -0.25) is 4.79 Å². The maximum absolute atomic E-state index is 10.7. The summed E-state index contributed by atoms with van der Waals surface area (Å²) < 4.78 is 0. The molecule has 0 aliphatic carbocycles. The van der Waals surface area contributed by atoms with E-state index in [-0.39, 0.29) is 6.42 Å². The summed E-state index contributed by atoms with van der Waals surface area (Å²) in [6.07, 6.45) is 0.622. The molecule has 0 aromatic carbocycles. The number of hydrogen-bond acceptors (Lipinski definition) is 4. The largest absolute Gasteiger partial charge is 0.476 e. The number of hydrogen-bond donors (Lipinski definition) is 2. The van der Waals surface area contributed by atoms with Crippen LogP contribution in [0.15, 0.2) is 5.16 Å². The van der Waals surface area contributed by atoms with Crippen molar-refractivity contribution in [2.45, 2.75) is 19.8 Å². The second-order valence-electron chi connectivity index (χ2n) is 1.93. The maximum atomic E-state index is 10.7. The number of oxime groups is 1. The molecule has 0 aliphatic heterocycles. The van der Waals surface area contributed by atoms with Crippen LogP contribution in [-0.2, 0) is 9.59 Å². The van der Waals surface area contributed by atoms with Gasteiger partial charge in [-0.25, -0.2) is 4.79 Å². The molecule has 0 heterocycles. The molecule has 5 nitrogen and oxygen atoms in total. The second-order valence-corrected chi connectivity index (χ2v) is 1.93. The molecular weight excluding hydrogens is 150 g/mol. The first-order valence-corrected chi connectivity index (χ1v) is 3.12. The first-order valence-electron chi connectivity index (χ1n) is 3.12. The molecule has 2 N–H and O–H groups in total. The van der Waals surface area contributed by atoms with E-state index < -0.39 is 17.5 Å². The molecular formula is C6H9NO4. The zero-order valence-electron chi connectivity index (χ0n) is 6.07. The van der Waals surface area contributed by atoms with Crippen molar-refractivity contribution in [3.05, 3.63) is 0 Å². The zero-order valence-corrected chi connectivity index (χ0v) is 6.07. The van der Waals surface area contributed by atoms with Crippen molar-refractivity contribution < 1.29 is 19.9 Å². The van der Waals surface area contributed by atoms with Gasteiger partial charge in [-0.2, -0.15) is 0 Å². The number of carbonyl (C=O) groups is 2. The average Bonchev–Trinajstić information content (AvgIpc) is 1.88. The predicted molar refractivity (Wildman–Crippen MR) is 36.8 cm³/mol. The van der Waals surface area contributed by atoms with E-state index >= 15 is 0 Å². The third-order valence-corrected chi connectivity index (χ3v) is 1.04. The minimum absolute atomic E-state index is 0.0890. The third-order valence-electron chi connectivity index (χ3n) is 1.04. The summed E-state index contributed by atoms with van der Waals surface area (Å²) in [6.45, 7) is 1.73. The summed E-state index contributed by atoms with van der Waals surface area (Å²) in [6, 6.07) is 0. The summed E-state index contributed by atoms with van der Waals surface area (Å²) in [5, 5.41) is 18.7. The van der Waals surface area contributed by atoms with E-state index in [1.165, 1.54) is 0 Å². The van der Waals surface area contributed by atoms with Crippen LogP contribution >= 0.6 is 0 Å². The fourth-order valence-electron chi connectivity index (χ4n) is 0.563. The van der Waals surface area contributed by atoms with Gasteiger partial charge in [-0.05, 0) is 6.42 Å². The van der Waals surface area contributed by atoms with E-state index in [0.717, 1.165) is 0 Å². The molecule has 5 heteroatoms. The zero-order chi connectivity index (χ0) is 8.85. The highest BCUT2D eigenvalue weighted by Gasteiger charge is 2.18. The Bertz CT molecular complexity index is 197. The minimum Gasteiger partial charge on any atom is -0.476 e. The Morgan fingerprint density at radius 2 is 2.00 bits per heavy atom. The number of carboxylic acids is 1. The van der Waals surface area contributed by atoms with Gasteiger partial charge < -0.3 is 10.3 Å². The number of nitrogens with zero attached hydrogens (tertiary/aromatic N) is 1. The van der Waals surface area contributed by atoms with Gasteiger partial charge in [0.25, 0.3) is 0 Å². The van der Waals surface area contributed by atoms with E-state index in [1.807, 2.05) is 0 Å². The molecule has 11 heavy (non-hydrogen) atoms. The van der Waals surface area contributed by atoms with Crippen LogP contribution in [0.5, 0.6) is 0 Å². The Hall–Kier alpha value is -1.39. The number of rotatable bonds is 4. The predicted octanol–water partition coefficient (Wildman–Crippen LogP) is 0.270. The summed E-state index contributed by atoms with van der Waals surface area (Å²) in [5.74, 6) is -2.14. The van der Waals surface area contributed by atoms with Crippen molar-refractivity contribution in [3.63, 3.8) is 0 Å². The van der Waals surface area contributed by atoms with Crippen molar-refractivity contribution >= 4 is 17.5 Å². The number of aliphatic carboxylic acids is 1. The topological polar surface area (TPSA) is 87.0 Å². The van der Waals surface area contributed by atoms with Crippen LogP contribution in [0.1, 0.15) is 19.8 Å². The first-order chi connectivity index (χ1) is 5.13. The monoisotopic (exact) mass is 159 g/mol. The molecule has 0 spiro atoms. The Kier molecular flexibility index (Phi) is 3.87. The molecule has 0 atom stereocenters. The number of Topliss-reactive ketones (excluding diaryl/α,β-unsaturated/α-hetero) is 1. The lowest BCUT2D eigenvalue weighted by Gasteiger charge is -1.94. The van der Waals surface area contributed by atoms with Crippen LogP contribution in [0.2, 0.25) is 0 Å². The summed E-state index contributed by atoms with van der Waals surface area (Å²) in [5.41, 5.74) is -0.799. The van der Waals surface area contributed by atoms with Gasteiger partial charge in [0.05, 0.1) is 0 Å². The van der Waals surface area contributed by atoms with Gasteiger partial charge in [0.1, 0.15) is 0 Å². The van der Waals surface area contributed by atoms with Gasteiger partial charge in [0.15, 0.2) is 5.78 Å². The fourth-order valence-corrected chi connectivity index (χ4v) is 0.563. The van der Waals surface area contributed by atoms with E-state index in [0.29, 0.717) is 6.42 Å². The number of carbonyl (C=O) groups excluding carboxylic acids is 1. The summed E-state index contributed by atoms with van der Waals surface area (Å²) >= 11 is 0. The molecule has 0 radical (unpaired) electrons. The Morgan fingerprint density at radius 3 is 2.27 bits per heavy atom. The van der Waals surface area contributed by atoms with Crippen molar-refractivity contribution in [2.24, 2.45) is 5.16 Å². The Morgan fingerprint density at radius 1 is 1.45 bits per heavy atom. The van der Waals surface area contributed by atoms with E-state index in [2.05, 4.69) is 5.16 Å². The highest BCUT2D eigenvalue weighted by atomic mass is 16.4. The van der Waals surface area contributed by atoms with Crippen LogP contribution < -0.4 is 0 Å². The van der Waals surface area contributed by atoms with Crippen LogP contribution in [-0.4, -0.2) is 27.8 Å². The highest BCUT2D eigenvalue weighted by Crippen LogP contribution is 1.92. The van der Waals surface area contributed by atoms with Crippen molar-refractivity contribution in [2.75, 3.05) is 0 Å². The lowest BCUT2D eigenvalue weighted by atomic mass is 10.1. The normalized spacial score (nSPS) is 11.2. The van der Waals surface area contributed by atoms with Gasteiger partial charge in [-0.1, -0.05) is 12.1 Å². The van der Waals surface area contributed by atoms with Gasteiger partial charge >= 0.3 is 5.97 Å². The Balaban J connectivity index is 4.29. The van der Waals surface area contributed by atoms with E-state index in [1.54, 1.807) is 6.92 Å². The molecule has 0 fully saturated rings. The second kappa shape index (κ2) is 4.43. The van der Waals surface area contributed by atoms with Gasteiger partial charge in [0, 0.05) is 6.42 Å². The molecule has 0 aromatic heterocycles. The molecule has 0 aromatic rings. The molecule has 0 saturated heterocycles. The summed E-state index contributed by atoms with van der Waals surface area (Å²) in [4.78, 5) is 20.9. The molecule has 0 unspecified atom stereocenters. The maximum Gasteiger partial charge on any atom is 0.361 e. The molecule has 0 aliphatic rings. The number of carboxylic acid groups (broad SMARTS) is 1. The van der Waals surface area contributed by atoms with E-state index in [9.17, 15) is 9.59 Å². The van der Waals surface area contributed by atoms with Crippen molar-refractivity contribution in [3.8, 4) is 0 Å². The summed E-state index contributed by atoms with van der Waals surface area (Å²) in [7, 11) is 0. The fraction of sp³-hybridized carbons (Fsp3) is 0.500. The molecule has 0 rings (SSSR count). The molecule has 62 valence electrons. The third kappa shape index (κ3) is 2.79. The SMILES string of the molecule is CCCC(=O)C(=NO)C(=O)O. The van der Waals surface area contributed by atoms with Crippen LogP contribution in [0, 0.1) is 0 Å². The van der Waals surface area contributed by atoms with Gasteiger partial charge in [-0.15, -0.1) is 0 Å². The van der Waals surface area contributed by atoms with Crippen molar-refractivity contribution in [1.29, 1.82) is 0 Å². The first kappa shape index (κ1) is 9.61. The highest BCUT2D eigenvalue weighted by molar-refractivity contribution is 6.63. The standard InChI is InChI=1S/C6H9NO4/c1-2-3-4(8)5(7-11)6(9)10/h11H,2-3H2,1H3,(H,9,10). The molecule has 0 saturated carbocycles. The van der Waals surface area contributed by atoms with Crippen LogP contribution in [0.3, 0.4) is 0 Å². The number of ketones is 1. The minimum atomic E-state index is -1.49. The lowest BCUT2D eigenvalue weighted by molar-refractivity contribution is -0.130. The lowest BCUT2D eigenvalue weighted by Crippen LogP contribution is -2.23. The van der Waals surface area contributed by atoms with Gasteiger partial charge in [0.2, 0.25) is 5.71 Å². The smallest absolute Gasteiger partial charge is 0.361 e. The average molecular weight is 159 g/mol. The van der Waals surface area contributed by atoms with Crippen LogP contribution in [0.25, 0.3) is 0 Å². The molecule has 0 bridgehead atoms. The Labute approximate surface area is 63.3 Å². The van der Waals surface area contributed by atoms with E-state index in [4.69, 9.17) is 10.3 Å². The van der Waals surface area contributed by atoms with Crippen molar-refractivity contribution in [1.82, 2.24) is 0 Å². The quantitative estimate of drug-likeness (QED) is 0.267. The molecule has 0 amide bonds. The van der Waals surface area contributed by atoms with Crippen LogP contribution in [0.4, 0.5) is 0 Å².